The van der Waals surface area contributed by atoms with Crippen LogP contribution in [0.4, 0.5) is 5.82 Å². The van der Waals surface area contributed by atoms with Crippen molar-refractivity contribution in [3.63, 3.8) is 0 Å². The van der Waals surface area contributed by atoms with E-state index in [0.29, 0.717) is 0 Å². The van der Waals surface area contributed by atoms with Crippen molar-refractivity contribution in [1.82, 2.24) is 9.97 Å². The fourth-order valence-corrected chi connectivity index (χ4v) is 3.53. The second kappa shape index (κ2) is 5.27. The van der Waals surface area contributed by atoms with Gasteiger partial charge in [-0.15, -0.1) is 11.3 Å². The maximum atomic E-state index is 4.71. The van der Waals surface area contributed by atoms with Crippen LogP contribution in [0.1, 0.15) is 18.9 Å². The second-order valence-electron chi connectivity index (χ2n) is 4.43. The fraction of sp³-hybridized carbons (Fsp3) is 0.286. The maximum absolute atomic E-state index is 4.71. The highest BCUT2D eigenvalue weighted by Crippen LogP contribution is 2.30. The maximum Gasteiger partial charge on any atom is 0.164 e. The van der Waals surface area contributed by atoms with Gasteiger partial charge in [-0.2, -0.15) is 11.3 Å². The lowest BCUT2D eigenvalue weighted by molar-refractivity contribution is 0.971. The van der Waals surface area contributed by atoms with Crippen LogP contribution in [0.2, 0.25) is 0 Å². The molecule has 3 heterocycles. The predicted octanol–water partition coefficient (Wildman–Crippen LogP) is 4.55. The van der Waals surface area contributed by atoms with Crippen molar-refractivity contribution in [2.24, 2.45) is 0 Å². The third-order valence-corrected chi connectivity index (χ3v) is 4.63. The van der Waals surface area contributed by atoms with E-state index in [9.17, 15) is 0 Å². The standard InChI is InChI=1S/C14H15N3S2/c1-3-5-15-12-10-4-6-19-14(10)17-13(16-12)11-8-18-7-9(11)2/h4,6-8H,3,5H2,1-2H3,(H,15,16,17). The molecule has 98 valence electrons. The van der Waals surface area contributed by atoms with Gasteiger partial charge in [-0.25, -0.2) is 9.97 Å². The Balaban J connectivity index is 2.13. The number of hydrogen-bond donors (Lipinski definition) is 1. The molecule has 3 rings (SSSR count). The van der Waals surface area contributed by atoms with E-state index in [0.717, 1.165) is 40.4 Å². The van der Waals surface area contributed by atoms with Gasteiger partial charge in [0.1, 0.15) is 10.6 Å². The van der Waals surface area contributed by atoms with Crippen LogP contribution < -0.4 is 5.32 Å². The summed E-state index contributed by atoms with van der Waals surface area (Å²) < 4.78 is 0. The molecule has 1 N–H and O–H groups in total. The molecule has 0 aliphatic carbocycles. The van der Waals surface area contributed by atoms with Crippen LogP contribution in [0.15, 0.2) is 22.2 Å². The van der Waals surface area contributed by atoms with Crippen LogP contribution in [0.5, 0.6) is 0 Å². The van der Waals surface area contributed by atoms with E-state index in [2.05, 4.69) is 46.4 Å². The molecule has 0 aromatic carbocycles. The first-order valence-corrected chi connectivity index (χ1v) is 8.14. The Labute approximate surface area is 120 Å². The average Bonchev–Trinajstić information content (AvgIpc) is 3.03. The monoisotopic (exact) mass is 289 g/mol. The van der Waals surface area contributed by atoms with Crippen LogP contribution in [0, 0.1) is 6.92 Å². The Morgan fingerprint density at radius 1 is 1.26 bits per heavy atom. The molecule has 3 nitrogen and oxygen atoms in total. The molecule has 0 atom stereocenters. The summed E-state index contributed by atoms with van der Waals surface area (Å²) in [5.41, 5.74) is 2.38. The first-order valence-electron chi connectivity index (χ1n) is 6.32. The quantitative estimate of drug-likeness (QED) is 0.765. The third-order valence-electron chi connectivity index (χ3n) is 2.96. The zero-order chi connectivity index (χ0) is 13.2. The van der Waals surface area contributed by atoms with E-state index in [4.69, 9.17) is 4.98 Å². The number of rotatable bonds is 4. The summed E-state index contributed by atoms with van der Waals surface area (Å²) in [5.74, 6) is 1.78. The van der Waals surface area contributed by atoms with Gasteiger partial charge >= 0.3 is 0 Å². The molecule has 0 radical (unpaired) electrons. The van der Waals surface area contributed by atoms with E-state index < -0.39 is 0 Å². The van der Waals surface area contributed by atoms with Crippen molar-refractivity contribution in [3.05, 3.63) is 27.8 Å². The predicted molar refractivity (Wildman–Crippen MR) is 84.2 cm³/mol. The number of aromatic nitrogens is 2. The molecular weight excluding hydrogens is 274 g/mol. The molecule has 0 aliphatic rings. The molecule has 3 aromatic heterocycles. The molecule has 0 spiro atoms. The lowest BCUT2D eigenvalue weighted by Gasteiger charge is -2.07. The van der Waals surface area contributed by atoms with Crippen LogP contribution in [-0.4, -0.2) is 16.5 Å². The highest BCUT2D eigenvalue weighted by atomic mass is 32.1. The number of aryl methyl sites for hydroxylation is 1. The number of nitrogens with zero attached hydrogens (tertiary/aromatic N) is 2. The van der Waals surface area contributed by atoms with Crippen molar-refractivity contribution in [2.75, 3.05) is 11.9 Å². The van der Waals surface area contributed by atoms with Gasteiger partial charge in [0.15, 0.2) is 5.82 Å². The molecule has 0 fully saturated rings. The Bertz CT molecular complexity index is 700. The van der Waals surface area contributed by atoms with E-state index in [1.54, 1.807) is 22.7 Å². The lowest BCUT2D eigenvalue weighted by Crippen LogP contribution is -2.04. The summed E-state index contributed by atoms with van der Waals surface area (Å²) in [6, 6.07) is 2.09. The van der Waals surface area contributed by atoms with Crippen molar-refractivity contribution in [3.8, 4) is 11.4 Å². The Morgan fingerprint density at radius 2 is 2.16 bits per heavy atom. The minimum atomic E-state index is 0.826. The van der Waals surface area contributed by atoms with Crippen molar-refractivity contribution < 1.29 is 0 Å². The summed E-state index contributed by atoms with van der Waals surface area (Å²) in [6.45, 7) is 5.19. The number of nitrogens with one attached hydrogen (secondary N) is 1. The van der Waals surface area contributed by atoms with Gasteiger partial charge < -0.3 is 5.32 Å². The van der Waals surface area contributed by atoms with Gasteiger partial charge in [0.05, 0.1) is 5.39 Å². The summed E-state index contributed by atoms with van der Waals surface area (Å²) in [5, 5.41) is 10.8. The molecule has 0 bridgehead atoms. The van der Waals surface area contributed by atoms with Gasteiger partial charge in [-0.1, -0.05) is 6.92 Å². The van der Waals surface area contributed by atoms with E-state index in [1.807, 2.05) is 0 Å². The number of fused-ring (bicyclic) bond motifs is 1. The van der Waals surface area contributed by atoms with Gasteiger partial charge in [-0.05, 0) is 35.7 Å². The Hall–Kier alpha value is -1.46. The molecule has 19 heavy (non-hydrogen) atoms. The third kappa shape index (κ3) is 2.35. The minimum Gasteiger partial charge on any atom is -0.369 e. The SMILES string of the molecule is CCCNc1nc(-c2cscc2C)nc2sccc12. The Kier molecular flexibility index (Phi) is 3.48. The van der Waals surface area contributed by atoms with E-state index in [-0.39, 0.29) is 0 Å². The number of hydrogen-bond acceptors (Lipinski definition) is 5. The summed E-state index contributed by atoms with van der Waals surface area (Å²) in [6.07, 6.45) is 1.09. The van der Waals surface area contributed by atoms with Crippen LogP contribution in [0.25, 0.3) is 21.6 Å². The molecule has 0 saturated heterocycles. The largest absolute Gasteiger partial charge is 0.369 e. The number of thiophene rings is 2. The van der Waals surface area contributed by atoms with Gasteiger partial charge in [0, 0.05) is 17.5 Å². The molecule has 3 aromatic rings. The van der Waals surface area contributed by atoms with Gasteiger partial charge in [-0.3, -0.25) is 0 Å². The van der Waals surface area contributed by atoms with Gasteiger partial charge in [0.2, 0.25) is 0 Å². The molecule has 0 amide bonds. The van der Waals surface area contributed by atoms with E-state index >= 15 is 0 Å². The number of anilines is 1. The zero-order valence-electron chi connectivity index (χ0n) is 10.9. The van der Waals surface area contributed by atoms with Crippen molar-refractivity contribution in [2.45, 2.75) is 20.3 Å². The molecule has 5 heteroatoms. The molecule has 0 saturated carbocycles. The van der Waals surface area contributed by atoms with Crippen LogP contribution in [-0.2, 0) is 0 Å². The highest BCUT2D eigenvalue weighted by Gasteiger charge is 2.12. The van der Waals surface area contributed by atoms with E-state index in [1.165, 1.54) is 5.56 Å². The lowest BCUT2D eigenvalue weighted by atomic mass is 10.2. The molecular formula is C14H15N3S2. The highest BCUT2D eigenvalue weighted by molar-refractivity contribution is 7.16. The topological polar surface area (TPSA) is 37.8 Å². The normalized spacial score (nSPS) is 11.1. The van der Waals surface area contributed by atoms with Crippen LogP contribution in [0.3, 0.4) is 0 Å². The fourth-order valence-electron chi connectivity index (χ4n) is 1.94. The van der Waals surface area contributed by atoms with Crippen LogP contribution >= 0.6 is 22.7 Å². The minimum absolute atomic E-state index is 0.826. The van der Waals surface area contributed by atoms with Crippen molar-refractivity contribution in [1.29, 1.82) is 0 Å². The Morgan fingerprint density at radius 3 is 2.89 bits per heavy atom. The first-order chi connectivity index (χ1) is 9.29. The van der Waals surface area contributed by atoms with Crippen molar-refractivity contribution >= 4 is 38.7 Å². The smallest absolute Gasteiger partial charge is 0.164 e. The molecule has 0 unspecified atom stereocenters. The average molecular weight is 289 g/mol. The zero-order valence-corrected chi connectivity index (χ0v) is 12.6. The summed E-state index contributed by atoms with van der Waals surface area (Å²) in [7, 11) is 0. The van der Waals surface area contributed by atoms with Gasteiger partial charge in [0.25, 0.3) is 0 Å². The molecule has 0 aliphatic heterocycles. The summed E-state index contributed by atoms with van der Waals surface area (Å²) >= 11 is 3.36. The summed E-state index contributed by atoms with van der Waals surface area (Å²) in [4.78, 5) is 10.4. The first kappa shape index (κ1) is 12.6. The second-order valence-corrected chi connectivity index (χ2v) is 6.07.